The van der Waals surface area contributed by atoms with Crippen molar-refractivity contribution in [3.63, 3.8) is 0 Å². The van der Waals surface area contributed by atoms with Crippen LogP contribution >= 0.6 is 0 Å². The number of carbonyl (C=O) groups is 1. The van der Waals surface area contributed by atoms with Gasteiger partial charge in [-0.25, -0.2) is 0 Å². The average Bonchev–Trinajstić information content (AvgIpc) is 2.78. The predicted molar refractivity (Wildman–Crippen MR) is 74.0 cm³/mol. The van der Waals surface area contributed by atoms with Crippen molar-refractivity contribution < 1.29 is 9.90 Å². The highest BCUT2D eigenvalue weighted by molar-refractivity contribution is 5.85. The fraction of sp³-hybridized carbons (Fsp3) is 0.400. The predicted octanol–water partition coefficient (Wildman–Crippen LogP) is 2.52. The fourth-order valence-corrected chi connectivity index (χ4v) is 3.17. The van der Waals surface area contributed by atoms with Crippen LogP contribution in [0.5, 0.6) is 0 Å². The monoisotopic (exact) mass is 258 g/mol. The third-order valence-corrected chi connectivity index (χ3v) is 4.15. The number of aryl methyl sites for hydroxylation is 1. The number of H-pyrrole nitrogens is 1. The van der Waals surface area contributed by atoms with Crippen LogP contribution in [0.15, 0.2) is 24.3 Å². The molecule has 0 saturated carbocycles. The van der Waals surface area contributed by atoms with Gasteiger partial charge in [-0.2, -0.15) is 0 Å². The normalized spacial score (nSPS) is 22.4. The molecule has 1 aliphatic rings. The molecule has 4 heteroatoms. The van der Waals surface area contributed by atoms with Crippen LogP contribution in [-0.2, 0) is 16.8 Å². The van der Waals surface area contributed by atoms with Gasteiger partial charge >= 0.3 is 5.97 Å². The molecular formula is C15H18N2O2. The van der Waals surface area contributed by atoms with E-state index in [0.717, 1.165) is 30.5 Å². The van der Waals surface area contributed by atoms with E-state index in [1.54, 1.807) is 0 Å². The van der Waals surface area contributed by atoms with Crippen LogP contribution in [0.2, 0.25) is 0 Å². The summed E-state index contributed by atoms with van der Waals surface area (Å²) in [6, 6.07) is 8.18. The van der Waals surface area contributed by atoms with E-state index in [1.165, 1.54) is 10.9 Å². The number of hydrogen-bond acceptors (Lipinski definition) is 2. The largest absolute Gasteiger partial charge is 0.481 e. The number of nitrogens with one attached hydrogen (secondary N) is 1. The van der Waals surface area contributed by atoms with Crippen molar-refractivity contribution in [2.24, 2.45) is 5.73 Å². The van der Waals surface area contributed by atoms with Gasteiger partial charge in [0.2, 0.25) is 0 Å². The molecule has 1 heterocycles. The molecule has 4 nitrogen and oxygen atoms in total. The zero-order valence-electron chi connectivity index (χ0n) is 10.8. The van der Waals surface area contributed by atoms with Crippen molar-refractivity contribution >= 4 is 16.9 Å². The molecule has 1 unspecified atom stereocenters. The summed E-state index contributed by atoms with van der Waals surface area (Å²) in [5.74, 6) is -0.784. The lowest BCUT2D eigenvalue weighted by atomic mass is 9.78. The Morgan fingerprint density at radius 2 is 2.21 bits per heavy atom. The fourth-order valence-electron chi connectivity index (χ4n) is 3.17. The molecule has 2 aromatic rings. The summed E-state index contributed by atoms with van der Waals surface area (Å²) in [6.45, 7) is 0. The van der Waals surface area contributed by atoms with Crippen molar-refractivity contribution in [3.8, 4) is 0 Å². The van der Waals surface area contributed by atoms with Crippen molar-refractivity contribution in [1.82, 2.24) is 4.98 Å². The molecule has 0 aliphatic heterocycles. The van der Waals surface area contributed by atoms with E-state index in [0.29, 0.717) is 6.42 Å². The molecule has 1 aromatic carbocycles. The van der Waals surface area contributed by atoms with E-state index in [2.05, 4.69) is 11.1 Å². The summed E-state index contributed by atoms with van der Waals surface area (Å²) in [4.78, 5) is 14.2. The summed E-state index contributed by atoms with van der Waals surface area (Å²) in [5, 5.41) is 10.1. The van der Waals surface area contributed by atoms with Gasteiger partial charge in [0.05, 0.1) is 5.54 Å². The number of carboxylic acids is 1. The maximum atomic E-state index is 10.8. The number of rotatable bonds is 3. The van der Waals surface area contributed by atoms with Gasteiger partial charge < -0.3 is 15.8 Å². The smallest absolute Gasteiger partial charge is 0.303 e. The van der Waals surface area contributed by atoms with Crippen molar-refractivity contribution in [3.05, 3.63) is 35.5 Å². The summed E-state index contributed by atoms with van der Waals surface area (Å²) < 4.78 is 0. The molecule has 0 radical (unpaired) electrons. The van der Waals surface area contributed by atoms with Crippen LogP contribution in [0.4, 0.5) is 0 Å². The first kappa shape index (κ1) is 12.2. The highest BCUT2D eigenvalue weighted by Gasteiger charge is 2.35. The summed E-state index contributed by atoms with van der Waals surface area (Å²) in [6.07, 6.45) is 3.49. The van der Waals surface area contributed by atoms with Gasteiger partial charge in [-0.15, -0.1) is 0 Å². The Morgan fingerprint density at radius 3 is 3.00 bits per heavy atom. The zero-order valence-corrected chi connectivity index (χ0v) is 10.8. The highest BCUT2D eigenvalue weighted by Crippen LogP contribution is 2.39. The molecule has 4 N–H and O–H groups in total. The lowest BCUT2D eigenvalue weighted by molar-refractivity contribution is -0.137. The number of fused-ring (bicyclic) bond motifs is 3. The van der Waals surface area contributed by atoms with Crippen LogP contribution in [0.25, 0.3) is 10.9 Å². The molecule has 100 valence electrons. The molecule has 3 rings (SSSR count). The number of aromatic nitrogens is 1. The Labute approximate surface area is 111 Å². The number of carboxylic acid groups (broad SMARTS) is 1. The Bertz CT molecular complexity index is 632. The Kier molecular flexibility index (Phi) is 2.82. The number of benzene rings is 1. The van der Waals surface area contributed by atoms with Gasteiger partial charge in [0.1, 0.15) is 0 Å². The molecule has 0 bridgehead atoms. The van der Waals surface area contributed by atoms with E-state index in [4.69, 9.17) is 10.8 Å². The molecule has 1 aromatic heterocycles. The maximum Gasteiger partial charge on any atom is 0.303 e. The van der Waals surface area contributed by atoms with Crippen LogP contribution in [-0.4, -0.2) is 16.1 Å². The van der Waals surface area contributed by atoms with Crippen molar-refractivity contribution in [2.75, 3.05) is 0 Å². The number of aliphatic carboxylic acids is 1. The minimum absolute atomic E-state index is 0.116. The van der Waals surface area contributed by atoms with Crippen LogP contribution in [0.1, 0.15) is 36.9 Å². The Balaban J connectivity index is 2.06. The highest BCUT2D eigenvalue weighted by atomic mass is 16.4. The minimum atomic E-state index is -0.784. The SMILES string of the molecule is NC1(CCC(=O)O)CCCc2c1[nH]c1ccccc21. The van der Waals surface area contributed by atoms with Crippen molar-refractivity contribution in [2.45, 2.75) is 37.6 Å². The van der Waals surface area contributed by atoms with E-state index in [-0.39, 0.29) is 6.42 Å². The van der Waals surface area contributed by atoms with Crippen molar-refractivity contribution in [1.29, 1.82) is 0 Å². The molecular weight excluding hydrogens is 240 g/mol. The Morgan fingerprint density at radius 1 is 1.42 bits per heavy atom. The standard InChI is InChI=1S/C15H18N2O2/c16-15(9-7-13(18)19)8-3-5-11-10-4-1-2-6-12(10)17-14(11)15/h1-2,4,6,17H,3,5,7-9,16H2,(H,18,19). The average molecular weight is 258 g/mol. The molecule has 0 saturated heterocycles. The summed E-state index contributed by atoms with van der Waals surface area (Å²) in [5.41, 5.74) is 9.38. The third kappa shape index (κ3) is 2.02. The quantitative estimate of drug-likeness (QED) is 0.791. The third-order valence-electron chi connectivity index (χ3n) is 4.15. The van der Waals surface area contributed by atoms with Crippen LogP contribution < -0.4 is 5.73 Å². The summed E-state index contributed by atoms with van der Waals surface area (Å²) in [7, 11) is 0. The maximum absolute atomic E-state index is 10.8. The molecule has 1 atom stereocenters. The molecule has 0 amide bonds. The second kappa shape index (κ2) is 4.38. The first-order valence-electron chi connectivity index (χ1n) is 6.71. The first-order chi connectivity index (χ1) is 9.10. The van der Waals surface area contributed by atoms with Gasteiger partial charge in [-0.1, -0.05) is 18.2 Å². The first-order valence-corrected chi connectivity index (χ1v) is 6.71. The second-order valence-electron chi connectivity index (χ2n) is 5.43. The molecule has 0 spiro atoms. The lowest BCUT2D eigenvalue weighted by Gasteiger charge is -2.33. The molecule has 1 aliphatic carbocycles. The van der Waals surface area contributed by atoms with E-state index in [9.17, 15) is 4.79 Å². The Hall–Kier alpha value is -1.81. The topological polar surface area (TPSA) is 79.1 Å². The van der Waals surface area contributed by atoms with E-state index >= 15 is 0 Å². The minimum Gasteiger partial charge on any atom is -0.481 e. The number of nitrogens with two attached hydrogens (primary N) is 1. The zero-order chi connectivity index (χ0) is 13.5. The van der Waals surface area contributed by atoms with Gasteiger partial charge in [0.15, 0.2) is 0 Å². The molecule has 19 heavy (non-hydrogen) atoms. The van der Waals surface area contributed by atoms with Gasteiger partial charge in [-0.05, 0) is 37.3 Å². The van der Waals surface area contributed by atoms with Gasteiger partial charge in [0.25, 0.3) is 0 Å². The number of aromatic amines is 1. The van der Waals surface area contributed by atoms with Crippen LogP contribution in [0, 0.1) is 0 Å². The number of para-hydroxylation sites is 1. The van der Waals surface area contributed by atoms with E-state index < -0.39 is 11.5 Å². The molecule has 0 fully saturated rings. The van der Waals surface area contributed by atoms with E-state index in [1.807, 2.05) is 18.2 Å². The number of hydrogen-bond donors (Lipinski definition) is 3. The summed E-state index contributed by atoms with van der Waals surface area (Å²) >= 11 is 0. The van der Waals surface area contributed by atoms with Gasteiger partial charge in [0, 0.05) is 23.0 Å². The second-order valence-corrected chi connectivity index (χ2v) is 5.43. The lowest BCUT2D eigenvalue weighted by Crippen LogP contribution is -2.40. The van der Waals surface area contributed by atoms with Gasteiger partial charge in [-0.3, -0.25) is 4.79 Å². The van der Waals surface area contributed by atoms with Crippen LogP contribution in [0.3, 0.4) is 0 Å².